The van der Waals surface area contributed by atoms with E-state index < -0.39 is 0 Å². The molecule has 1 aromatic carbocycles. The summed E-state index contributed by atoms with van der Waals surface area (Å²) >= 11 is 0. The molecule has 0 amide bonds. The summed E-state index contributed by atoms with van der Waals surface area (Å²) in [6.07, 6.45) is 2.53. The molecule has 0 saturated carbocycles. The molecule has 3 rings (SSSR count). The highest BCUT2D eigenvalue weighted by molar-refractivity contribution is 5.45. The third-order valence-electron chi connectivity index (χ3n) is 4.01. The monoisotopic (exact) mass is 248 g/mol. The van der Waals surface area contributed by atoms with Gasteiger partial charge in [0.25, 0.3) is 0 Å². The molecular formula is C14H20N2O2. The van der Waals surface area contributed by atoms with Crippen LogP contribution in [0.4, 0.5) is 0 Å². The molecule has 2 atom stereocenters. The van der Waals surface area contributed by atoms with Crippen LogP contribution in [0.25, 0.3) is 0 Å². The summed E-state index contributed by atoms with van der Waals surface area (Å²) < 4.78 is 10.8. The van der Waals surface area contributed by atoms with Gasteiger partial charge in [-0.3, -0.25) is 4.90 Å². The molecule has 2 aliphatic rings. The van der Waals surface area contributed by atoms with Crippen molar-refractivity contribution in [3.05, 3.63) is 23.8 Å². The first-order valence-corrected chi connectivity index (χ1v) is 6.65. The van der Waals surface area contributed by atoms with Crippen LogP contribution in [0.1, 0.15) is 31.4 Å². The second-order valence-electron chi connectivity index (χ2n) is 5.09. The smallest absolute Gasteiger partial charge is 0.231 e. The maximum absolute atomic E-state index is 5.98. The van der Waals surface area contributed by atoms with Crippen molar-refractivity contribution in [3.63, 3.8) is 0 Å². The first-order valence-electron chi connectivity index (χ1n) is 6.65. The lowest BCUT2D eigenvalue weighted by Gasteiger charge is -2.30. The molecule has 0 spiro atoms. The molecule has 2 N–H and O–H groups in total. The van der Waals surface area contributed by atoms with Crippen molar-refractivity contribution in [1.29, 1.82) is 0 Å². The van der Waals surface area contributed by atoms with Gasteiger partial charge in [-0.1, -0.05) is 6.07 Å². The minimum Gasteiger partial charge on any atom is -0.454 e. The van der Waals surface area contributed by atoms with Gasteiger partial charge in [0, 0.05) is 18.6 Å². The Labute approximate surface area is 108 Å². The molecule has 0 aliphatic carbocycles. The lowest BCUT2D eigenvalue weighted by atomic mass is 10.0. The van der Waals surface area contributed by atoms with Crippen molar-refractivity contribution < 1.29 is 9.47 Å². The van der Waals surface area contributed by atoms with E-state index in [4.69, 9.17) is 15.2 Å². The molecule has 0 aromatic heterocycles. The molecule has 2 unspecified atom stereocenters. The predicted octanol–water partition coefficient (Wildman–Crippen LogP) is 1.90. The third kappa shape index (κ3) is 1.95. The summed E-state index contributed by atoms with van der Waals surface area (Å²) in [4.78, 5) is 2.50. The number of nitrogens with zero attached hydrogens (tertiary/aromatic N) is 1. The van der Waals surface area contributed by atoms with Gasteiger partial charge in [0.2, 0.25) is 6.79 Å². The molecule has 1 saturated heterocycles. The molecule has 98 valence electrons. The molecule has 0 radical (unpaired) electrons. The van der Waals surface area contributed by atoms with Crippen molar-refractivity contribution in [1.82, 2.24) is 4.90 Å². The molecule has 0 bridgehead atoms. The van der Waals surface area contributed by atoms with E-state index in [1.165, 1.54) is 18.4 Å². The van der Waals surface area contributed by atoms with Gasteiger partial charge in [-0.05, 0) is 44.0 Å². The van der Waals surface area contributed by atoms with Crippen molar-refractivity contribution in [2.45, 2.75) is 31.8 Å². The predicted molar refractivity (Wildman–Crippen MR) is 69.8 cm³/mol. The van der Waals surface area contributed by atoms with Crippen LogP contribution in [0.2, 0.25) is 0 Å². The Morgan fingerprint density at radius 3 is 2.94 bits per heavy atom. The molecular weight excluding hydrogens is 228 g/mol. The topological polar surface area (TPSA) is 47.7 Å². The van der Waals surface area contributed by atoms with Crippen LogP contribution >= 0.6 is 0 Å². The maximum atomic E-state index is 5.98. The normalized spacial score (nSPS) is 24.4. The fraction of sp³-hybridized carbons (Fsp3) is 0.571. The number of benzene rings is 1. The molecule has 2 heterocycles. The first kappa shape index (κ1) is 11.8. The lowest BCUT2D eigenvalue weighted by molar-refractivity contribution is 0.173. The fourth-order valence-corrected chi connectivity index (χ4v) is 3.00. The van der Waals surface area contributed by atoms with Crippen molar-refractivity contribution in [2.24, 2.45) is 5.73 Å². The standard InChI is InChI=1S/C14H20N2O2/c1-10-3-2-6-16(10)12(8-15)11-4-5-13-14(7-11)18-9-17-13/h4-5,7,10,12H,2-3,6,8-9,15H2,1H3. The van der Waals surface area contributed by atoms with Gasteiger partial charge in [0.1, 0.15) is 0 Å². The van der Waals surface area contributed by atoms with Crippen LogP contribution in [0.15, 0.2) is 18.2 Å². The zero-order valence-corrected chi connectivity index (χ0v) is 10.8. The number of likely N-dealkylation sites (tertiary alicyclic amines) is 1. The van der Waals surface area contributed by atoms with Gasteiger partial charge in [0.15, 0.2) is 11.5 Å². The summed E-state index contributed by atoms with van der Waals surface area (Å²) in [6.45, 7) is 4.39. The number of nitrogens with two attached hydrogens (primary N) is 1. The summed E-state index contributed by atoms with van der Waals surface area (Å²) in [5, 5.41) is 0. The van der Waals surface area contributed by atoms with E-state index in [0.29, 0.717) is 19.4 Å². The highest BCUT2D eigenvalue weighted by Crippen LogP contribution is 2.36. The average molecular weight is 248 g/mol. The van der Waals surface area contributed by atoms with Crippen LogP contribution in [0.3, 0.4) is 0 Å². The highest BCUT2D eigenvalue weighted by atomic mass is 16.7. The van der Waals surface area contributed by atoms with E-state index in [-0.39, 0.29) is 6.04 Å². The van der Waals surface area contributed by atoms with E-state index in [2.05, 4.69) is 24.0 Å². The maximum Gasteiger partial charge on any atom is 0.231 e. The van der Waals surface area contributed by atoms with Crippen molar-refractivity contribution >= 4 is 0 Å². The number of ether oxygens (including phenoxy) is 2. The number of hydrogen-bond donors (Lipinski definition) is 1. The second-order valence-corrected chi connectivity index (χ2v) is 5.09. The van der Waals surface area contributed by atoms with Crippen molar-refractivity contribution in [3.8, 4) is 11.5 Å². The number of hydrogen-bond acceptors (Lipinski definition) is 4. The molecule has 4 nitrogen and oxygen atoms in total. The summed E-state index contributed by atoms with van der Waals surface area (Å²) in [7, 11) is 0. The minimum atomic E-state index is 0.289. The molecule has 18 heavy (non-hydrogen) atoms. The lowest BCUT2D eigenvalue weighted by Crippen LogP contribution is -2.35. The Hall–Kier alpha value is -1.26. The van der Waals surface area contributed by atoms with E-state index in [1.54, 1.807) is 0 Å². The van der Waals surface area contributed by atoms with Gasteiger partial charge in [0.05, 0.1) is 0 Å². The zero-order chi connectivity index (χ0) is 12.5. The van der Waals surface area contributed by atoms with E-state index in [9.17, 15) is 0 Å². The Kier molecular flexibility index (Phi) is 3.14. The first-order chi connectivity index (χ1) is 8.79. The van der Waals surface area contributed by atoms with Crippen LogP contribution in [-0.2, 0) is 0 Å². The Balaban J connectivity index is 1.87. The van der Waals surface area contributed by atoms with Crippen LogP contribution in [0.5, 0.6) is 11.5 Å². The van der Waals surface area contributed by atoms with Gasteiger partial charge >= 0.3 is 0 Å². The fourth-order valence-electron chi connectivity index (χ4n) is 3.00. The minimum absolute atomic E-state index is 0.289. The largest absolute Gasteiger partial charge is 0.454 e. The molecule has 1 fully saturated rings. The van der Waals surface area contributed by atoms with E-state index in [0.717, 1.165) is 18.0 Å². The quantitative estimate of drug-likeness (QED) is 0.887. The molecule has 1 aromatic rings. The summed E-state index contributed by atoms with van der Waals surface area (Å²) in [5.41, 5.74) is 7.21. The second kappa shape index (κ2) is 4.78. The number of rotatable bonds is 3. The molecule has 4 heteroatoms. The Bertz CT molecular complexity index is 436. The van der Waals surface area contributed by atoms with Gasteiger partial charge in [-0.2, -0.15) is 0 Å². The van der Waals surface area contributed by atoms with Gasteiger partial charge in [-0.25, -0.2) is 0 Å². The van der Waals surface area contributed by atoms with Gasteiger partial charge < -0.3 is 15.2 Å². The Morgan fingerprint density at radius 2 is 2.22 bits per heavy atom. The van der Waals surface area contributed by atoms with Crippen molar-refractivity contribution in [2.75, 3.05) is 19.9 Å². The third-order valence-corrected chi connectivity index (χ3v) is 4.01. The van der Waals surface area contributed by atoms with E-state index in [1.807, 2.05) is 6.07 Å². The Morgan fingerprint density at radius 1 is 1.39 bits per heavy atom. The molecule has 2 aliphatic heterocycles. The van der Waals surface area contributed by atoms with E-state index >= 15 is 0 Å². The highest BCUT2D eigenvalue weighted by Gasteiger charge is 2.28. The van der Waals surface area contributed by atoms with Crippen LogP contribution in [-0.4, -0.2) is 30.8 Å². The summed E-state index contributed by atoms with van der Waals surface area (Å²) in [5.74, 6) is 1.68. The average Bonchev–Trinajstić information content (AvgIpc) is 2.99. The van der Waals surface area contributed by atoms with Crippen LogP contribution < -0.4 is 15.2 Å². The number of fused-ring (bicyclic) bond motifs is 1. The SMILES string of the molecule is CC1CCCN1C(CN)c1ccc2c(c1)OCO2. The zero-order valence-electron chi connectivity index (χ0n) is 10.8. The summed E-state index contributed by atoms with van der Waals surface area (Å²) in [6, 6.07) is 7.07. The van der Waals surface area contributed by atoms with Gasteiger partial charge in [-0.15, -0.1) is 0 Å². The van der Waals surface area contributed by atoms with Crippen LogP contribution in [0, 0.1) is 0 Å².